The number of aliphatic imine (C=N–C) groups is 1. The number of nitrogens with one attached hydrogen (secondary N) is 1. The van der Waals surface area contributed by atoms with Gasteiger partial charge in [0.25, 0.3) is 5.96 Å². The lowest BCUT2D eigenvalue weighted by atomic mass is 10.2. The highest BCUT2D eigenvalue weighted by Crippen LogP contribution is 2.40. The molecule has 1 aromatic heterocycles. The molecular weight excluding hydrogens is 446 g/mol. The van der Waals surface area contributed by atoms with Gasteiger partial charge in [0.15, 0.2) is 5.82 Å². The molecule has 3 N–H and O–H groups in total. The van der Waals surface area contributed by atoms with Crippen molar-refractivity contribution in [1.82, 2.24) is 15.3 Å². The van der Waals surface area contributed by atoms with Crippen LogP contribution in [-0.2, 0) is 27.0 Å². The molecule has 0 aliphatic heterocycles. The predicted molar refractivity (Wildman–Crippen MR) is 97.8 cm³/mol. The number of alkyl halides is 3. The molecule has 28 heavy (non-hydrogen) atoms. The molecule has 0 aliphatic rings. The molecule has 0 fully saturated rings. The van der Waals surface area contributed by atoms with Crippen LogP contribution >= 0.6 is 23.2 Å². The van der Waals surface area contributed by atoms with E-state index in [4.69, 9.17) is 28.9 Å². The van der Waals surface area contributed by atoms with E-state index >= 15 is 0 Å². The van der Waals surface area contributed by atoms with Crippen LogP contribution in [0.25, 0.3) is 0 Å². The third-order valence-corrected chi connectivity index (χ3v) is 4.64. The molecule has 14 heteroatoms. The fraction of sp³-hybridized carbons (Fsp3) is 0.214. The summed E-state index contributed by atoms with van der Waals surface area (Å²) in [7, 11) is 0. The van der Waals surface area contributed by atoms with Gasteiger partial charge < -0.3 is 15.1 Å². The maximum Gasteiger partial charge on any atom is 0.416 e. The number of anilines is 1. The molecule has 1 heterocycles. The summed E-state index contributed by atoms with van der Waals surface area (Å²) in [6.45, 7) is 1.08. The minimum atomic E-state index is -4.67. The summed E-state index contributed by atoms with van der Waals surface area (Å²) in [6, 6.07) is 1.27. The van der Waals surface area contributed by atoms with Crippen LogP contribution in [0, 0.1) is 0 Å². The van der Waals surface area contributed by atoms with Gasteiger partial charge in [-0.25, -0.2) is 4.99 Å². The molecule has 0 aliphatic carbocycles. The number of benzene rings is 1. The third kappa shape index (κ3) is 5.01. The quantitative estimate of drug-likeness (QED) is 0.309. The number of nitrogen functional groups attached to an aromatic ring is 1. The summed E-state index contributed by atoms with van der Waals surface area (Å²) >= 11 is 10.3. The summed E-state index contributed by atoms with van der Waals surface area (Å²) < 4.78 is 51.2. The van der Waals surface area contributed by atoms with Crippen molar-refractivity contribution >= 4 is 57.8 Å². The Kier molecular flexibility index (Phi) is 6.70. The van der Waals surface area contributed by atoms with Crippen molar-refractivity contribution in [2.75, 3.05) is 12.0 Å². The van der Waals surface area contributed by atoms with Crippen LogP contribution in [0.1, 0.15) is 12.5 Å². The van der Waals surface area contributed by atoms with Gasteiger partial charge in [-0.1, -0.05) is 23.2 Å². The van der Waals surface area contributed by atoms with E-state index in [9.17, 15) is 22.5 Å². The highest BCUT2D eigenvalue weighted by atomic mass is 35.5. The molecule has 2 aromatic rings. The zero-order valence-corrected chi connectivity index (χ0v) is 16.5. The summed E-state index contributed by atoms with van der Waals surface area (Å²) in [5.74, 6) is -1.23. The second-order valence-electron chi connectivity index (χ2n) is 5.18. The van der Waals surface area contributed by atoms with Crippen molar-refractivity contribution in [2.24, 2.45) is 4.99 Å². The first-order valence-corrected chi connectivity index (χ1v) is 9.49. The van der Waals surface area contributed by atoms with Crippen molar-refractivity contribution in [3.8, 4) is 0 Å². The molecule has 0 radical (unpaired) electrons. The Hall–Kier alpha value is -2.15. The molecule has 1 unspecified atom stereocenters. The fourth-order valence-corrected chi connectivity index (χ4v) is 3.05. The molecule has 0 saturated heterocycles. The molecule has 152 valence electrons. The zero-order chi connectivity index (χ0) is 21.2. The monoisotopic (exact) mass is 457 g/mol. The summed E-state index contributed by atoms with van der Waals surface area (Å²) in [5.41, 5.74) is 6.68. The topological polar surface area (TPSA) is 118 Å². The van der Waals surface area contributed by atoms with E-state index in [0.29, 0.717) is 12.1 Å². The Morgan fingerprint density at radius 3 is 2.39 bits per heavy atom. The zero-order valence-electron chi connectivity index (χ0n) is 14.2. The Balaban J connectivity index is 2.59. The van der Waals surface area contributed by atoms with Gasteiger partial charge in [-0.3, -0.25) is 4.79 Å². The molecule has 8 nitrogen and oxygen atoms in total. The van der Waals surface area contributed by atoms with E-state index in [2.05, 4.69) is 20.4 Å². The number of halogens is 5. The first kappa shape index (κ1) is 22.1. The highest BCUT2D eigenvalue weighted by Gasteiger charge is 2.32. The van der Waals surface area contributed by atoms with Gasteiger partial charge in [-0.2, -0.15) is 28.4 Å². The summed E-state index contributed by atoms with van der Waals surface area (Å²) in [6.07, 6.45) is -2.12. The van der Waals surface area contributed by atoms with E-state index in [0.717, 1.165) is 11.6 Å². The van der Waals surface area contributed by atoms with Gasteiger partial charge in [-0.15, -0.1) is 0 Å². The van der Waals surface area contributed by atoms with Crippen molar-refractivity contribution < 1.29 is 27.4 Å². The van der Waals surface area contributed by atoms with Crippen LogP contribution in [0.2, 0.25) is 10.0 Å². The van der Waals surface area contributed by atoms with Crippen LogP contribution in [0.4, 0.5) is 24.7 Å². The van der Waals surface area contributed by atoms with Gasteiger partial charge in [0.05, 0.1) is 15.6 Å². The first-order valence-electron chi connectivity index (χ1n) is 7.17. The second-order valence-corrected chi connectivity index (χ2v) is 7.34. The third-order valence-electron chi connectivity index (χ3n) is 3.13. The molecule has 0 saturated carbocycles. The number of hydrogen-bond acceptors (Lipinski definition) is 6. The largest absolute Gasteiger partial charge is 0.612 e. The van der Waals surface area contributed by atoms with Crippen molar-refractivity contribution in [3.63, 3.8) is 0 Å². The van der Waals surface area contributed by atoms with Gasteiger partial charge in [0.2, 0.25) is 4.90 Å². The van der Waals surface area contributed by atoms with E-state index in [1.54, 1.807) is 0 Å². The van der Waals surface area contributed by atoms with Crippen molar-refractivity contribution in [3.05, 3.63) is 33.9 Å². The van der Waals surface area contributed by atoms with Crippen LogP contribution in [0.5, 0.6) is 0 Å². The lowest BCUT2D eigenvalue weighted by molar-refractivity contribution is -0.145. The van der Waals surface area contributed by atoms with Crippen molar-refractivity contribution in [1.29, 1.82) is 0 Å². The lowest BCUT2D eigenvalue weighted by Gasteiger charge is -2.13. The molecule has 0 spiro atoms. The number of rotatable bonds is 2. The van der Waals surface area contributed by atoms with Crippen LogP contribution in [0.15, 0.2) is 28.2 Å². The number of nitrogens with two attached hydrogens (primary N) is 1. The van der Waals surface area contributed by atoms with Gasteiger partial charge in [0.1, 0.15) is 18.1 Å². The first-order chi connectivity index (χ1) is 12.9. The Labute approximate surface area is 169 Å². The van der Waals surface area contributed by atoms with Gasteiger partial charge in [-0.05, 0) is 23.3 Å². The number of nitrogens with zero attached hydrogens (tertiary/aromatic N) is 3. The smallest absolute Gasteiger partial charge is 0.416 e. The average molecular weight is 458 g/mol. The fourth-order valence-electron chi connectivity index (χ4n) is 1.91. The Bertz CT molecular complexity index is 910. The normalized spacial score (nSPS) is 13.4. The Morgan fingerprint density at radius 2 is 1.96 bits per heavy atom. The molecule has 0 bridgehead atoms. The van der Waals surface area contributed by atoms with Crippen LogP contribution in [0.3, 0.4) is 0 Å². The minimum absolute atomic E-state index is 0.113. The molecule has 2 rings (SSSR count). The number of carbonyl (C=O) groups is 1. The Morgan fingerprint density at radius 1 is 1.39 bits per heavy atom. The molecule has 0 amide bonds. The van der Waals surface area contributed by atoms with Crippen LogP contribution in [-0.4, -0.2) is 32.5 Å². The van der Waals surface area contributed by atoms with Gasteiger partial charge >= 0.3 is 12.1 Å². The van der Waals surface area contributed by atoms with E-state index in [-0.39, 0.29) is 22.4 Å². The van der Waals surface area contributed by atoms with Gasteiger partial charge in [0, 0.05) is 6.92 Å². The van der Waals surface area contributed by atoms with Crippen LogP contribution < -0.4 is 11.2 Å². The predicted octanol–water partition coefficient (Wildman–Crippen LogP) is 3.13. The maximum atomic E-state index is 12.9. The van der Waals surface area contributed by atoms with E-state index in [1.165, 1.54) is 12.5 Å². The van der Waals surface area contributed by atoms with Crippen molar-refractivity contribution in [2.45, 2.75) is 18.0 Å². The molecule has 1 atom stereocenters. The number of hydrogen-bond donors (Lipinski definition) is 2. The minimum Gasteiger partial charge on any atom is -0.612 e. The number of hydroxylamine groups is 1. The number of carbonyl (C=O) groups excluding carboxylic acids is 1. The molecular formula is C14H12Cl2F3N5O3S. The SMILES string of the molecule is CC(=O)ONC(=Nc1c(Cl)cc(C(F)(F)F)cc1Cl)n1ncc([S+](C)[O-])c1N. The highest BCUT2D eigenvalue weighted by molar-refractivity contribution is 7.90. The summed E-state index contributed by atoms with van der Waals surface area (Å²) in [5, 5.41) is 3.03. The molecule has 1 aromatic carbocycles. The number of aromatic nitrogens is 2. The van der Waals surface area contributed by atoms with E-state index < -0.39 is 38.9 Å². The summed E-state index contributed by atoms with van der Waals surface area (Å²) in [4.78, 5) is 19.9. The lowest BCUT2D eigenvalue weighted by Crippen LogP contribution is -2.33. The maximum absolute atomic E-state index is 12.9. The average Bonchev–Trinajstić information content (AvgIpc) is 2.94. The second kappa shape index (κ2) is 8.47. The standard InChI is InChI=1S/C14H12Cl2F3N5O3S/c1-6(25)27-23-13(24-12(20)10(5-21-24)28(2)26)22-11-8(15)3-7(4-9(11)16)14(17,18)19/h3-5H,20H2,1-2H3,(H,22,23). The van der Waals surface area contributed by atoms with E-state index in [1.807, 2.05) is 0 Å².